The van der Waals surface area contributed by atoms with Gasteiger partial charge in [0.05, 0.1) is 12.7 Å². The maximum atomic E-state index is 12.5. The van der Waals surface area contributed by atoms with Gasteiger partial charge in [0.25, 0.3) is 0 Å². The number of esters is 1. The van der Waals surface area contributed by atoms with Crippen LogP contribution in [-0.2, 0) is 11.2 Å². The van der Waals surface area contributed by atoms with Crippen molar-refractivity contribution in [3.05, 3.63) is 69.8 Å². The van der Waals surface area contributed by atoms with Crippen molar-refractivity contribution in [3.8, 4) is 0 Å². The molecule has 0 fully saturated rings. The molecule has 3 heteroatoms. The van der Waals surface area contributed by atoms with Crippen LogP contribution in [0.3, 0.4) is 0 Å². The van der Waals surface area contributed by atoms with Gasteiger partial charge >= 0.3 is 5.97 Å². The van der Waals surface area contributed by atoms with Gasteiger partial charge in [0, 0.05) is 12.0 Å². The van der Waals surface area contributed by atoms with Crippen LogP contribution in [0.25, 0.3) is 0 Å². The summed E-state index contributed by atoms with van der Waals surface area (Å²) in [5, 5.41) is 0. The maximum Gasteiger partial charge on any atom is 0.337 e. The normalized spacial score (nSPS) is 10.4. The fourth-order valence-electron chi connectivity index (χ4n) is 2.69. The monoisotopic (exact) mass is 296 g/mol. The molecule has 2 aromatic carbocycles. The van der Waals surface area contributed by atoms with E-state index in [2.05, 4.69) is 12.1 Å². The smallest absolute Gasteiger partial charge is 0.337 e. The van der Waals surface area contributed by atoms with Crippen molar-refractivity contribution >= 4 is 11.8 Å². The number of benzene rings is 2. The molecule has 0 unspecified atom stereocenters. The summed E-state index contributed by atoms with van der Waals surface area (Å²) in [7, 11) is 1.33. The number of hydrogen-bond donors (Lipinski definition) is 0. The Bertz CT molecular complexity index is 706. The molecule has 0 N–H and O–H groups in total. The van der Waals surface area contributed by atoms with Crippen LogP contribution in [0.4, 0.5) is 0 Å². The number of aryl methyl sites for hydroxylation is 3. The summed E-state index contributed by atoms with van der Waals surface area (Å²) in [5.41, 5.74) is 5.41. The predicted molar refractivity (Wildman–Crippen MR) is 86.5 cm³/mol. The molecule has 0 spiro atoms. The van der Waals surface area contributed by atoms with Crippen molar-refractivity contribution < 1.29 is 14.3 Å². The van der Waals surface area contributed by atoms with Gasteiger partial charge in [-0.25, -0.2) is 4.79 Å². The Morgan fingerprint density at radius 1 is 0.955 bits per heavy atom. The lowest BCUT2D eigenvalue weighted by molar-refractivity contribution is 0.0600. The summed E-state index contributed by atoms with van der Waals surface area (Å²) >= 11 is 0. The standard InChI is InChI=1S/C19H20O3/c1-12-8-13(2)17(14(3)9-12)11-18(20)15-6-5-7-16(10-15)19(21)22-4/h5-10H,11H2,1-4H3. The molecule has 114 valence electrons. The zero-order valence-corrected chi connectivity index (χ0v) is 13.4. The van der Waals surface area contributed by atoms with Gasteiger partial charge in [0.1, 0.15) is 0 Å². The number of methoxy groups -OCH3 is 1. The predicted octanol–water partition coefficient (Wildman–Crippen LogP) is 3.82. The number of ether oxygens (including phenoxy) is 1. The molecule has 0 aromatic heterocycles. The average Bonchev–Trinajstić information content (AvgIpc) is 2.50. The lowest BCUT2D eigenvalue weighted by Gasteiger charge is -2.11. The molecule has 2 aromatic rings. The van der Waals surface area contributed by atoms with E-state index in [0.29, 0.717) is 17.5 Å². The average molecular weight is 296 g/mol. The quantitative estimate of drug-likeness (QED) is 0.636. The van der Waals surface area contributed by atoms with Crippen LogP contribution >= 0.6 is 0 Å². The molecule has 3 nitrogen and oxygen atoms in total. The molecule has 0 atom stereocenters. The second-order valence-electron chi connectivity index (χ2n) is 5.55. The fraction of sp³-hybridized carbons (Fsp3) is 0.263. The number of carbonyl (C=O) groups excluding carboxylic acids is 2. The van der Waals surface area contributed by atoms with E-state index in [1.54, 1.807) is 24.3 Å². The van der Waals surface area contributed by atoms with Gasteiger partial charge in [-0.1, -0.05) is 29.8 Å². The summed E-state index contributed by atoms with van der Waals surface area (Å²) in [5.74, 6) is -0.432. The van der Waals surface area contributed by atoms with Crippen molar-refractivity contribution in [2.75, 3.05) is 7.11 Å². The topological polar surface area (TPSA) is 43.4 Å². The zero-order chi connectivity index (χ0) is 16.3. The van der Waals surface area contributed by atoms with Crippen LogP contribution in [0.15, 0.2) is 36.4 Å². The van der Waals surface area contributed by atoms with Crippen molar-refractivity contribution in [2.45, 2.75) is 27.2 Å². The second kappa shape index (κ2) is 6.56. The fourth-order valence-corrected chi connectivity index (χ4v) is 2.69. The first-order valence-electron chi connectivity index (χ1n) is 7.20. The van der Waals surface area contributed by atoms with Crippen LogP contribution in [0, 0.1) is 20.8 Å². The molecule has 0 heterocycles. The lowest BCUT2D eigenvalue weighted by Crippen LogP contribution is -2.09. The Kier molecular flexibility index (Phi) is 4.76. The van der Waals surface area contributed by atoms with E-state index in [-0.39, 0.29) is 5.78 Å². The highest BCUT2D eigenvalue weighted by molar-refractivity contribution is 6.00. The van der Waals surface area contributed by atoms with Gasteiger partial charge in [-0.2, -0.15) is 0 Å². The maximum absolute atomic E-state index is 12.5. The lowest BCUT2D eigenvalue weighted by atomic mass is 9.93. The third-order valence-corrected chi connectivity index (χ3v) is 3.78. The van der Waals surface area contributed by atoms with Crippen LogP contribution in [0.2, 0.25) is 0 Å². The number of ketones is 1. The number of rotatable bonds is 4. The number of carbonyl (C=O) groups is 2. The van der Waals surface area contributed by atoms with E-state index in [0.717, 1.165) is 16.7 Å². The van der Waals surface area contributed by atoms with Gasteiger partial charge in [-0.3, -0.25) is 4.79 Å². The second-order valence-corrected chi connectivity index (χ2v) is 5.55. The van der Waals surface area contributed by atoms with Crippen LogP contribution in [0.1, 0.15) is 43.0 Å². The third-order valence-electron chi connectivity index (χ3n) is 3.78. The summed E-state index contributed by atoms with van der Waals surface area (Å²) in [6.07, 6.45) is 0.336. The zero-order valence-electron chi connectivity index (χ0n) is 13.4. The minimum absolute atomic E-state index is 0.000746. The van der Waals surface area contributed by atoms with Crippen molar-refractivity contribution in [2.24, 2.45) is 0 Å². The van der Waals surface area contributed by atoms with E-state index >= 15 is 0 Å². The Morgan fingerprint density at radius 2 is 1.55 bits per heavy atom. The van der Waals surface area contributed by atoms with E-state index in [4.69, 9.17) is 4.74 Å². The van der Waals surface area contributed by atoms with Crippen molar-refractivity contribution in [1.82, 2.24) is 0 Å². The van der Waals surface area contributed by atoms with E-state index in [9.17, 15) is 9.59 Å². The molecule has 0 aliphatic rings. The molecular formula is C19H20O3. The van der Waals surface area contributed by atoms with E-state index in [1.165, 1.54) is 12.7 Å². The van der Waals surface area contributed by atoms with E-state index < -0.39 is 5.97 Å². The first kappa shape index (κ1) is 16.0. The molecule has 2 rings (SSSR count). The molecule has 0 amide bonds. The first-order chi connectivity index (χ1) is 10.4. The summed E-state index contributed by atoms with van der Waals surface area (Å²) < 4.78 is 4.69. The van der Waals surface area contributed by atoms with Crippen molar-refractivity contribution in [3.63, 3.8) is 0 Å². The first-order valence-corrected chi connectivity index (χ1v) is 7.20. The Labute approximate surface area is 130 Å². The number of Topliss-reactive ketones (excluding diaryl/α,β-unsaturated/α-hetero) is 1. The van der Waals surface area contributed by atoms with E-state index in [1.807, 2.05) is 20.8 Å². The molecule has 0 radical (unpaired) electrons. The summed E-state index contributed by atoms with van der Waals surface area (Å²) in [6.45, 7) is 6.09. The summed E-state index contributed by atoms with van der Waals surface area (Å²) in [4.78, 5) is 24.1. The molecule has 0 aliphatic heterocycles. The van der Waals surface area contributed by atoms with Crippen LogP contribution in [0.5, 0.6) is 0 Å². The highest BCUT2D eigenvalue weighted by Gasteiger charge is 2.14. The molecule has 0 aliphatic carbocycles. The largest absolute Gasteiger partial charge is 0.465 e. The summed E-state index contributed by atoms with van der Waals surface area (Å²) in [6, 6.07) is 10.8. The van der Waals surface area contributed by atoms with Gasteiger partial charge < -0.3 is 4.74 Å². The van der Waals surface area contributed by atoms with Gasteiger partial charge in [-0.05, 0) is 49.6 Å². The Hall–Kier alpha value is -2.42. The molecule has 22 heavy (non-hydrogen) atoms. The van der Waals surface area contributed by atoms with Gasteiger partial charge in [-0.15, -0.1) is 0 Å². The Balaban J connectivity index is 2.29. The minimum atomic E-state index is -0.433. The van der Waals surface area contributed by atoms with Crippen LogP contribution < -0.4 is 0 Å². The molecule has 0 bridgehead atoms. The number of hydrogen-bond acceptors (Lipinski definition) is 3. The van der Waals surface area contributed by atoms with Gasteiger partial charge in [0.15, 0.2) is 5.78 Å². The SMILES string of the molecule is COC(=O)c1cccc(C(=O)Cc2c(C)cc(C)cc2C)c1. The minimum Gasteiger partial charge on any atom is -0.465 e. The molecule has 0 saturated carbocycles. The highest BCUT2D eigenvalue weighted by Crippen LogP contribution is 2.19. The van der Waals surface area contributed by atoms with Crippen LogP contribution in [-0.4, -0.2) is 18.9 Å². The van der Waals surface area contributed by atoms with Gasteiger partial charge in [0.2, 0.25) is 0 Å². The molecule has 0 saturated heterocycles. The molecular weight excluding hydrogens is 276 g/mol. The highest BCUT2D eigenvalue weighted by atomic mass is 16.5. The third kappa shape index (κ3) is 3.42. The van der Waals surface area contributed by atoms with Crippen molar-refractivity contribution in [1.29, 1.82) is 0 Å². The Morgan fingerprint density at radius 3 is 2.14 bits per heavy atom.